The second kappa shape index (κ2) is 2.59. The van der Waals surface area contributed by atoms with E-state index in [1.807, 2.05) is 35.8 Å². The standard InChI is InChI=1S/C9H15N3/c1-7-10(4)8(2)12(6)9(3)11(7)5/h1-3H2,4-6H3. The summed E-state index contributed by atoms with van der Waals surface area (Å²) in [5, 5.41) is 0. The Morgan fingerprint density at radius 1 is 0.667 bits per heavy atom. The molecule has 0 amide bonds. The van der Waals surface area contributed by atoms with Crippen LogP contribution in [-0.2, 0) is 0 Å². The van der Waals surface area contributed by atoms with Crippen LogP contribution in [-0.4, -0.2) is 35.8 Å². The van der Waals surface area contributed by atoms with Crippen LogP contribution in [0.15, 0.2) is 37.2 Å². The average molecular weight is 165 g/mol. The highest BCUT2D eigenvalue weighted by molar-refractivity contribution is 5.19. The molecule has 0 aromatic rings. The van der Waals surface area contributed by atoms with Gasteiger partial charge in [-0.15, -0.1) is 0 Å². The summed E-state index contributed by atoms with van der Waals surface area (Å²) in [7, 11) is 5.80. The van der Waals surface area contributed by atoms with Crippen molar-refractivity contribution in [2.75, 3.05) is 21.1 Å². The Hall–Kier alpha value is -1.38. The van der Waals surface area contributed by atoms with E-state index in [9.17, 15) is 0 Å². The lowest BCUT2D eigenvalue weighted by Gasteiger charge is -2.44. The molecular formula is C9H15N3. The molecule has 1 heterocycles. The average Bonchev–Trinajstić information content (AvgIpc) is 2.08. The Labute approximate surface area is 73.9 Å². The van der Waals surface area contributed by atoms with Gasteiger partial charge in [-0.3, -0.25) is 0 Å². The Kier molecular flexibility index (Phi) is 1.88. The van der Waals surface area contributed by atoms with Crippen LogP contribution < -0.4 is 0 Å². The molecule has 3 nitrogen and oxygen atoms in total. The van der Waals surface area contributed by atoms with Gasteiger partial charge in [0.2, 0.25) is 0 Å². The lowest BCUT2D eigenvalue weighted by molar-refractivity contribution is 0.190. The normalized spacial score (nSPS) is 19.2. The van der Waals surface area contributed by atoms with E-state index in [0.29, 0.717) is 0 Å². The highest BCUT2D eigenvalue weighted by Gasteiger charge is 2.24. The lowest BCUT2D eigenvalue weighted by atomic mass is 10.4. The van der Waals surface area contributed by atoms with E-state index in [1.165, 1.54) is 0 Å². The largest absolute Gasteiger partial charge is 0.318 e. The molecule has 3 heteroatoms. The maximum Gasteiger partial charge on any atom is 0.107 e. The molecule has 0 spiro atoms. The van der Waals surface area contributed by atoms with Gasteiger partial charge in [-0.1, -0.05) is 19.7 Å². The highest BCUT2D eigenvalue weighted by Crippen LogP contribution is 2.25. The first-order valence-electron chi connectivity index (χ1n) is 3.74. The SMILES string of the molecule is C=C1N(C)C(=C)N(C)C(=C)N1C. The molecule has 0 bridgehead atoms. The topological polar surface area (TPSA) is 9.72 Å². The van der Waals surface area contributed by atoms with Crippen molar-refractivity contribution >= 4 is 0 Å². The molecule has 1 rings (SSSR count). The van der Waals surface area contributed by atoms with Crippen LogP contribution in [0.5, 0.6) is 0 Å². The number of hydrogen-bond acceptors (Lipinski definition) is 3. The van der Waals surface area contributed by atoms with Crippen LogP contribution in [0, 0.1) is 0 Å². The fraction of sp³-hybridized carbons (Fsp3) is 0.333. The summed E-state index contributed by atoms with van der Waals surface area (Å²) in [5.41, 5.74) is 0. The van der Waals surface area contributed by atoms with Gasteiger partial charge in [-0.2, -0.15) is 0 Å². The third-order valence-electron chi connectivity index (χ3n) is 2.32. The zero-order valence-corrected chi connectivity index (χ0v) is 7.96. The van der Waals surface area contributed by atoms with Gasteiger partial charge in [0.05, 0.1) is 0 Å². The van der Waals surface area contributed by atoms with Crippen molar-refractivity contribution in [1.29, 1.82) is 0 Å². The number of hydrogen-bond donors (Lipinski definition) is 0. The summed E-state index contributed by atoms with van der Waals surface area (Å²) < 4.78 is 0. The Morgan fingerprint density at radius 3 is 1.00 bits per heavy atom. The number of rotatable bonds is 0. The van der Waals surface area contributed by atoms with Crippen LogP contribution in [0.2, 0.25) is 0 Å². The quantitative estimate of drug-likeness (QED) is 0.534. The third-order valence-corrected chi connectivity index (χ3v) is 2.32. The monoisotopic (exact) mass is 165 g/mol. The van der Waals surface area contributed by atoms with Crippen LogP contribution >= 0.6 is 0 Å². The van der Waals surface area contributed by atoms with E-state index in [0.717, 1.165) is 17.5 Å². The molecule has 0 N–H and O–H groups in total. The third kappa shape index (κ3) is 0.978. The van der Waals surface area contributed by atoms with Crippen LogP contribution in [0.25, 0.3) is 0 Å². The molecule has 12 heavy (non-hydrogen) atoms. The van der Waals surface area contributed by atoms with Gasteiger partial charge >= 0.3 is 0 Å². The van der Waals surface area contributed by atoms with E-state index in [1.54, 1.807) is 0 Å². The molecule has 1 aliphatic heterocycles. The first kappa shape index (κ1) is 8.71. The van der Waals surface area contributed by atoms with Crippen molar-refractivity contribution < 1.29 is 0 Å². The summed E-state index contributed by atoms with van der Waals surface area (Å²) in [6, 6.07) is 0. The zero-order chi connectivity index (χ0) is 9.46. The van der Waals surface area contributed by atoms with Gasteiger partial charge in [0, 0.05) is 21.1 Å². The Bertz CT molecular complexity index is 194. The summed E-state index contributed by atoms with van der Waals surface area (Å²) in [6.45, 7) is 11.7. The zero-order valence-electron chi connectivity index (χ0n) is 7.96. The Morgan fingerprint density at radius 2 is 0.833 bits per heavy atom. The predicted octanol–water partition coefficient (Wildman–Crippen LogP) is 1.21. The summed E-state index contributed by atoms with van der Waals surface area (Å²) in [4.78, 5) is 5.78. The first-order chi connectivity index (χ1) is 5.46. The van der Waals surface area contributed by atoms with Crippen molar-refractivity contribution in [3.8, 4) is 0 Å². The molecule has 0 aromatic carbocycles. The van der Waals surface area contributed by atoms with Crippen molar-refractivity contribution in [3.63, 3.8) is 0 Å². The van der Waals surface area contributed by atoms with E-state index < -0.39 is 0 Å². The predicted molar refractivity (Wildman–Crippen MR) is 50.7 cm³/mol. The van der Waals surface area contributed by atoms with Gasteiger partial charge in [-0.05, 0) is 0 Å². The molecule has 0 aromatic heterocycles. The van der Waals surface area contributed by atoms with Crippen LogP contribution in [0.1, 0.15) is 0 Å². The summed E-state index contributed by atoms with van der Waals surface area (Å²) in [5.74, 6) is 2.68. The summed E-state index contributed by atoms with van der Waals surface area (Å²) >= 11 is 0. The second-order valence-corrected chi connectivity index (χ2v) is 2.93. The van der Waals surface area contributed by atoms with Crippen LogP contribution in [0.4, 0.5) is 0 Å². The molecule has 0 aliphatic carbocycles. The summed E-state index contributed by atoms with van der Waals surface area (Å²) in [6.07, 6.45) is 0. The van der Waals surface area contributed by atoms with Gasteiger partial charge < -0.3 is 14.7 Å². The molecule has 0 atom stereocenters. The molecule has 66 valence electrons. The maximum absolute atomic E-state index is 3.92. The van der Waals surface area contributed by atoms with Crippen molar-refractivity contribution in [3.05, 3.63) is 37.2 Å². The van der Waals surface area contributed by atoms with Crippen molar-refractivity contribution in [2.24, 2.45) is 0 Å². The lowest BCUT2D eigenvalue weighted by Crippen LogP contribution is -2.43. The molecule has 1 aliphatic rings. The molecule has 1 fully saturated rings. The van der Waals surface area contributed by atoms with Crippen molar-refractivity contribution in [1.82, 2.24) is 14.7 Å². The van der Waals surface area contributed by atoms with Crippen molar-refractivity contribution in [2.45, 2.75) is 0 Å². The molecule has 1 saturated heterocycles. The minimum Gasteiger partial charge on any atom is -0.318 e. The highest BCUT2D eigenvalue weighted by atomic mass is 15.5. The van der Waals surface area contributed by atoms with Gasteiger partial charge in [0.1, 0.15) is 17.5 Å². The minimum atomic E-state index is 0.892. The maximum atomic E-state index is 3.92. The smallest absolute Gasteiger partial charge is 0.107 e. The van der Waals surface area contributed by atoms with Crippen LogP contribution in [0.3, 0.4) is 0 Å². The first-order valence-corrected chi connectivity index (χ1v) is 3.74. The van der Waals surface area contributed by atoms with E-state index >= 15 is 0 Å². The fourth-order valence-electron chi connectivity index (χ4n) is 1.12. The molecule has 0 saturated carbocycles. The van der Waals surface area contributed by atoms with Gasteiger partial charge in [-0.25, -0.2) is 0 Å². The molecule has 0 radical (unpaired) electrons. The van der Waals surface area contributed by atoms with Gasteiger partial charge in [0.25, 0.3) is 0 Å². The molecular weight excluding hydrogens is 150 g/mol. The van der Waals surface area contributed by atoms with E-state index in [-0.39, 0.29) is 0 Å². The number of nitrogens with zero attached hydrogens (tertiary/aromatic N) is 3. The van der Waals surface area contributed by atoms with Gasteiger partial charge in [0.15, 0.2) is 0 Å². The van der Waals surface area contributed by atoms with E-state index in [4.69, 9.17) is 0 Å². The Balaban J connectivity index is 2.99. The molecule has 0 unspecified atom stereocenters. The second-order valence-electron chi connectivity index (χ2n) is 2.93. The fourth-order valence-corrected chi connectivity index (χ4v) is 1.12. The minimum absolute atomic E-state index is 0.892. The van der Waals surface area contributed by atoms with E-state index in [2.05, 4.69) is 19.7 Å².